The number of aliphatic carboxylic acids is 1. The van der Waals surface area contributed by atoms with Gasteiger partial charge in [-0.3, -0.25) is 4.79 Å². The Bertz CT molecular complexity index is 307. The third-order valence-corrected chi connectivity index (χ3v) is 3.32. The standard InChI is InChI=1S/C12H23N3O4/c1-3-15(4-2)6-5-13-12(18)14-10-8-19-7-9(10)11(16)17/h9-10H,3-8H2,1-2H3,(H,16,17)(H2,13,14,18). The van der Waals surface area contributed by atoms with Crippen LogP contribution in [-0.4, -0.2) is 67.4 Å². The highest BCUT2D eigenvalue weighted by molar-refractivity contribution is 5.77. The zero-order valence-corrected chi connectivity index (χ0v) is 11.5. The first-order valence-corrected chi connectivity index (χ1v) is 6.65. The largest absolute Gasteiger partial charge is 0.481 e. The first-order valence-electron chi connectivity index (χ1n) is 6.65. The Morgan fingerprint density at radius 1 is 1.32 bits per heavy atom. The number of carboxylic acids is 1. The van der Waals surface area contributed by atoms with Crippen LogP contribution < -0.4 is 10.6 Å². The molecule has 7 heteroatoms. The number of nitrogens with zero attached hydrogens (tertiary/aromatic N) is 1. The lowest BCUT2D eigenvalue weighted by atomic mass is 10.0. The molecule has 1 saturated heterocycles. The SMILES string of the molecule is CCN(CC)CCNC(=O)NC1COCC1C(=O)O. The molecule has 1 aliphatic heterocycles. The number of likely N-dealkylation sites (N-methyl/N-ethyl adjacent to an activating group) is 1. The lowest BCUT2D eigenvalue weighted by Crippen LogP contribution is -2.48. The minimum atomic E-state index is -0.939. The zero-order valence-electron chi connectivity index (χ0n) is 11.5. The highest BCUT2D eigenvalue weighted by Crippen LogP contribution is 2.13. The first-order chi connectivity index (χ1) is 9.08. The van der Waals surface area contributed by atoms with Gasteiger partial charge in [-0.15, -0.1) is 0 Å². The molecule has 2 atom stereocenters. The minimum absolute atomic E-state index is 0.153. The van der Waals surface area contributed by atoms with Crippen LogP contribution in [-0.2, 0) is 9.53 Å². The van der Waals surface area contributed by atoms with E-state index in [2.05, 4.69) is 29.4 Å². The molecule has 1 heterocycles. The van der Waals surface area contributed by atoms with Gasteiger partial charge in [0.1, 0.15) is 5.92 Å². The number of carbonyl (C=O) groups is 2. The van der Waals surface area contributed by atoms with Gasteiger partial charge in [0.05, 0.1) is 19.3 Å². The van der Waals surface area contributed by atoms with E-state index in [4.69, 9.17) is 9.84 Å². The summed E-state index contributed by atoms with van der Waals surface area (Å²) in [4.78, 5) is 24.7. The number of hydrogen-bond donors (Lipinski definition) is 3. The Labute approximate surface area is 113 Å². The fourth-order valence-electron chi connectivity index (χ4n) is 2.03. The second-order valence-electron chi connectivity index (χ2n) is 4.52. The van der Waals surface area contributed by atoms with Gasteiger partial charge in [-0.25, -0.2) is 4.79 Å². The average molecular weight is 273 g/mol. The van der Waals surface area contributed by atoms with E-state index >= 15 is 0 Å². The molecule has 0 aromatic carbocycles. The number of amides is 2. The predicted octanol–water partition coefficient (Wildman–Crippen LogP) is -0.273. The topological polar surface area (TPSA) is 90.9 Å². The van der Waals surface area contributed by atoms with Crippen LogP contribution in [0.25, 0.3) is 0 Å². The monoisotopic (exact) mass is 273 g/mol. The minimum Gasteiger partial charge on any atom is -0.481 e. The van der Waals surface area contributed by atoms with Crippen LogP contribution in [0.2, 0.25) is 0 Å². The molecule has 0 aromatic rings. The molecular formula is C12H23N3O4. The Balaban J connectivity index is 2.25. The quantitative estimate of drug-likeness (QED) is 0.594. The number of urea groups is 1. The summed E-state index contributed by atoms with van der Waals surface area (Å²) in [5.41, 5.74) is 0. The number of ether oxygens (including phenoxy) is 1. The fourth-order valence-corrected chi connectivity index (χ4v) is 2.03. The molecule has 1 rings (SSSR count). The van der Waals surface area contributed by atoms with Gasteiger partial charge in [0.2, 0.25) is 0 Å². The molecule has 0 bridgehead atoms. The summed E-state index contributed by atoms with van der Waals surface area (Å²) < 4.78 is 5.08. The number of nitrogens with one attached hydrogen (secondary N) is 2. The van der Waals surface area contributed by atoms with Crippen LogP contribution in [0.5, 0.6) is 0 Å². The lowest BCUT2D eigenvalue weighted by molar-refractivity contribution is -0.142. The van der Waals surface area contributed by atoms with E-state index in [0.717, 1.165) is 19.6 Å². The molecule has 0 radical (unpaired) electrons. The van der Waals surface area contributed by atoms with Gasteiger partial charge >= 0.3 is 12.0 Å². The van der Waals surface area contributed by atoms with E-state index in [0.29, 0.717) is 6.54 Å². The smallest absolute Gasteiger partial charge is 0.315 e. The molecule has 110 valence electrons. The van der Waals surface area contributed by atoms with Crippen molar-refractivity contribution in [3.8, 4) is 0 Å². The molecule has 3 N–H and O–H groups in total. The van der Waals surface area contributed by atoms with E-state index in [1.807, 2.05) is 0 Å². The molecule has 1 fully saturated rings. The van der Waals surface area contributed by atoms with Crippen LogP contribution in [0.1, 0.15) is 13.8 Å². The molecular weight excluding hydrogens is 250 g/mol. The average Bonchev–Trinajstić information content (AvgIpc) is 2.83. The van der Waals surface area contributed by atoms with E-state index in [9.17, 15) is 9.59 Å². The van der Waals surface area contributed by atoms with Gasteiger partial charge in [-0.05, 0) is 13.1 Å². The van der Waals surface area contributed by atoms with Gasteiger partial charge < -0.3 is 25.4 Å². The van der Waals surface area contributed by atoms with E-state index in [-0.39, 0.29) is 19.2 Å². The molecule has 19 heavy (non-hydrogen) atoms. The van der Waals surface area contributed by atoms with E-state index in [1.54, 1.807) is 0 Å². The maximum atomic E-state index is 11.6. The van der Waals surface area contributed by atoms with Crippen molar-refractivity contribution in [1.82, 2.24) is 15.5 Å². The van der Waals surface area contributed by atoms with Gasteiger partial charge in [0, 0.05) is 13.1 Å². The number of carboxylic acid groups (broad SMARTS) is 1. The van der Waals surface area contributed by atoms with Crippen LogP contribution in [0.4, 0.5) is 4.79 Å². The molecule has 0 spiro atoms. The molecule has 0 aromatic heterocycles. The Kier molecular flexibility index (Phi) is 6.58. The van der Waals surface area contributed by atoms with Gasteiger partial charge in [0.25, 0.3) is 0 Å². The van der Waals surface area contributed by atoms with Crippen LogP contribution in [0.3, 0.4) is 0 Å². The third-order valence-electron chi connectivity index (χ3n) is 3.32. The normalized spacial score (nSPS) is 22.5. The Morgan fingerprint density at radius 2 is 2.00 bits per heavy atom. The molecule has 0 saturated carbocycles. The Morgan fingerprint density at radius 3 is 2.58 bits per heavy atom. The zero-order chi connectivity index (χ0) is 14.3. The molecule has 2 amide bonds. The number of carbonyl (C=O) groups excluding carboxylic acids is 1. The maximum Gasteiger partial charge on any atom is 0.315 e. The summed E-state index contributed by atoms with van der Waals surface area (Å²) in [6.07, 6.45) is 0. The Hall–Kier alpha value is -1.34. The van der Waals surface area contributed by atoms with Crippen LogP contribution >= 0.6 is 0 Å². The summed E-state index contributed by atoms with van der Waals surface area (Å²) in [6, 6.07) is -0.792. The summed E-state index contributed by atoms with van der Waals surface area (Å²) in [5.74, 6) is -1.60. The van der Waals surface area contributed by atoms with Crippen molar-refractivity contribution in [3.05, 3.63) is 0 Å². The lowest BCUT2D eigenvalue weighted by Gasteiger charge is -2.19. The molecule has 7 nitrogen and oxygen atoms in total. The van der Waals surface area contributed by atoms with Crippen LogP contribution in [0.15, 0.2) is 0 Å². The van der Waals surface area contributed by atoms with Crippen LogP contribution in [0, 0.1) is 5.92 Å². The number of hydrogen-bond acceptors (Lipinski definition) is 4. The summed E-state index contributed by atoms with van der Waals surface area (Å²) in [6.45, 7) is 7.74. The summed E-state index contributed by atoms with van der Waals surface area (Å²) in [7, 11) is 0. The second-order valence-corrected chi connectivity index (χ2v) is 4.52. The molecule has 0 aliphatic carbocycles. The van der Waals surface area contributed by atoms with Crippen molar-refractivity contribution in [2.45, 2.75) is 19.9 Å². The number of rotatable bonds is 7. The van der Waals surface area contributed by atoms with Crippen molar-refractivity contribution in [3.63, 3.8) is 0 Å². The highest BCUT2D eigenvalue weighted by Gasteiger charge is 2.34. The van der Waals surface area contributed by atoms with Crippen molar-refractivity contribution in [2.75, 3.05) is 39.4 Å². The van der Waals surface area contributed by atoms with E-state index < -0.39 is 17.9 Å². The summed E-state index contributed by atoms with van der Waals surface area (Å²) >= 11 is 0. The van der Waals surface area contributed by atoms with Crippen molar-refractivity contribution in [2.24, 2.45) is 5.92 Å². The molecule has 1 aliphatic rings. The first kappa shape index (κ1) is 15.7. The second kappa shape index (κ2) is 7.96. The van der Waals surface area contributed by atoms with Gasteiger partial charge in [0.15, 0.2) is 0 Å². The predicted molar refractivity (Wildman–Crippen MR) is 70.1 cm³/mol. The molecule has 2 unspecified atom stereocenters. The van der Waals surface area contributed by atoms with Crippen molar-refractivity contribution in [1.29, 1.82) is 0 Å². The highest BCUT2D eigenvalue weighted by atomic mass is 16.5. The van der Waals surface area contributed by atoms with Gasteiger partial charge in [-0.1, -0.05) is 13.8 Å². The van der Waals surface area contributed by atoms with Crippen molar-refractivity contribution >= 4 is 12.0 Å². The summed E-state index contributed by atoms with van der Waals surface area (Å²) in [5, 5.41) is 14.3. The third kappa shape index (κ3) is 5.04. The van der Waals surface area contributed by atoms with E-state index in [1.165, 1.54) is 0 Å². The van der Waals surface area contributed by atoms with Crippen molar-refractivity contribution < 1.29 is 19.4 Å². The maximum absolute atomic E-state index is 11.6. The van der Waals surface area contributed by atoms with Gasteiger partial charge in [-0.2, -0.15) is 0 Å². The fraction of sp³-hybridized carbons (Fsp3) is 0.833.